The molecule has 0 fully saturated rings. The summed E-state index contributed by atoms with van der Waals surface area (Å²) in [6.45, 7) is 10.9. The zero-order valence-corrected chi connectivity index (χ0v) is 11.8. The molecule has 0 aromatic carbocycles. The predicted molar refractivity (Wildman–Crippen MR) is 72.0 cm³/mol. The highest BCUT2D eigenvalue weighted by molar-refractivity contribution is 7.11. The second-order valence-corrected chi connectivity index (χ2v) is 5.89. The molecule has 0 aliphatic rings. The molecule has 0 aliphatic heterocycles. The van der Waals surface area contributed by atoms with Gasteiger partial charge in [-0.25, -0.2) is 4.98 Å². The molecule has 1 rings (SSSR count). The van der Waals surface area contributed by atoms with Crippen LogP contribution in [0.5, 0.6) is 0 Å². The van der Waals surface area contributed by atoms with Gasteiger partial charge in [0.15, 0.2) is 0 Å². The molecule has 0 aliphatic carbocycles. The fourth-order valence-electron chi connectivity index (χ4n) is 1.55. The van der Waals surface area contributed by atoms with Gasteiger partial charge in [-0.05, 0) is 38.6 Å². The van der Waals surface area contributed by atoms with Crippen molar-refractivity contribution in [2.45, 2.75) is 53.5 Å². The Kier molecular flexibility index (Phi) is 5.99. The van der Waals surface area contributed by atoms with Crippen molar-refractivity contribution in [3.63, 3.8) is 0 Å². The Bertz CT molecular complexity index is 305. The highest BCUT2D eigenvalue weighted by Gasteiger charge is 2.07. The third-order valence-corrected chi connectivity index (χ3v) is 3.80. The normalized spacial score (nSPS) is 11.3. The maximum Gasteiger partial charge on any atom is 0.0931 e. The summed E-state index contributed by atoms with van der Waals surface area (Å²) in [4.78, 5) is 6.05. The van der Waals surface area contributed by atoms with E-state index in [1.54, 1.807) is 0 Å². The van der Waals surface area contributed by atoms with Crippen LogP contribution >= 0.6 is 11.3 Å². The molecule has 1 N–H and O–H groups in total. The average molecular weight is 240 g/mol. The first-order valence-corrected chi connectivity index (χ1v) is 7.11. The molecule has 0 spiro atoms. The van der Waals surface area contributed by atoms with Gasteiger partial charge in [0.2, 0.25) is 0 Å². The summed E-state index contributed by atoms with van der Waals surface area (Å²) < 4.78 is 0. The molecule has 1 aromatic heterocycles. The van der Waals surface area contributed by atoms with E-state index in [1.165, 1.54) is 28.4 Å². The van der Waals surface area contributed by atoms with Crippen LogP contribution in [0, 0.1) is 12.8 Å². The Morgan fingerprint density at radius 1 is 1.38 bits per heavy atom. The Hall–Kier alpha value is -0.410. The minimum atomic E-state index is 0.769. The van der Waals surface area contributed by atoms with Gasteiger partial charge in [-0.2, -0.15) is 0 Å². The second kappa shape index (κ2) is 7.02. The number of hydrogen-bond donors (Lipinski definition) is 1. The first-order valence-electron chi connectivity index (χ1n) is 6.29. The van der Waals surface area contributed by atoms with Crippen molar-refractivity contribution in [3.8, 4) is 0 Å². The number of rotatable bonds is 7. The molecule has 0 saturated carbocycles. The van der Waals surface area contributed by atoms with E-state index in [9.17, 15) is 0 Å². The summed E-state index contributed by atoms with van der Waals surface area (Å²) in [5.41, 5.74) is 1.22. The van der Waals surface area contributed by atoms with Gasteiger partial charge in [0.25, 0.3) is 0 Å². The molecule has 0 radical (unpaired) electrons. The molecular weight excluding hydrogens is 216 g/mol. The summed E-state index contributed by atoms with van der Waals surface area (Å²) in [7, 11) is 0. The molecule has 2 nitrogen and oxygen atoms in total. The molecule has 0 bridgehead atoms. The SMILES string of the molecule is CCCNCc1sc(CCC(C)C)nc1C. The molecular formula is C13H24N2S. The lowest BCUT2D eigenvalue weighted by Crippen LogP contribution is -2.13. The first-order chi connectivity index (χ1) is 7.63. The summed E-state index contributed by atoms with van der Waals surface area (Å²) in [6.07, 6.45) is 3.57. The van der Waals surface area contributed by atoms with Gasteiger partial charge in [-0.1, -0.05) is 20.8 Å². The number of aromatic nitrogens is 1. The van der Waals surface area contributed by atoms with Crippen molar-refractivity contribution >= 4 is 11.3 Å². The highest BCUT2D eigenvalue weighted by Crippen LogP contribution is 2.20. The summed E-state index contributed by atoms with van der Waals surface area (Å²) in [5.74, 6) is 0.769. The topological polar surface area (TPSA) is 24.9 Å². The van der Waals surface area contributed by atoms with Gasteiger partial charge in [-0.3, -0.25) is 0 Å². The molecule has 16 heavy (non-hydrogen) atoms. The third kappa shape index (κ3) is 4.62. The van der Waals surface area contributed by atoms with Crippen molar-refractivity contribution in [2.75, 3.05) is 6.54 Å². The Morgan fingerprint density at radius 2 is 2.12 bits per heavy atom. The molecule has 0 saturated heterocycles. The largest absolute Gasteiger partial charge is 0.312 e. The van der Waals surface area contributed by atoms with E-state index in [2.05, 4.69) is 38.0 Å². The summed E-state index contributed by atoms with van der Waals surface area (Å²) >= 11 is 1.88. The minimum absolute atomic E-state index is 0.769. The zero-order valence-electron chi connectivity index (χ0n) is 11.0. The quantitative estimate of drug-likeness (QED) is 0.737. The number of aryl methyl sites for hydroxylation is 2. The number of thiazole rings is 1. The Morgan fingerprint density at radius 3 is 2.75 bits per heavy atom. The molecule has 3 heteroatoms. The van der Waals surface area contributed by atoms with Crippen molar-refractivity contribution in [2.24, 2.45) is 5.92 Å². The molecule has 0 atom stereocenters. The van der Waals surface area contributed by atoms with Crippen LogP contribution in [0.1, 0.15) is 49.2 Å². The molecule has 1 aromatic rings. The van der Waals surface area contributed by atoms with Gasteiger partial charge >= 0.3 is 0 Å². The lowest BCUT2D eigenvalue weighted by molar-refractivity contribution is 0.585. The molecule has 0 unspecified atom stereocenters. The fourth-order valence-corrected chi connectivity index (χ4v) is 2.60. The Labute approximate surface area is 103 Å². The number of hydrogen-bond acceptors (Lipinski definition) is 3. The maximum absolute atomic E-state index is 4.64. The van der Waals surface area contributed by atoms with Gasteiger partial charge in [0.05, 0.1) is 10.7 Å². The van der Waals surface area contributed by atoms with Gasteiger partial charge in [0.1, 0.15) is 0 Å². The maximum atomic E-state index is 4.64. The molecule has 1 heterocycles. The monoisotopic (exact) mass is 240 g/mol. The number of nitrogens with zero attached hydrogens (tertiary/aromatic N) is 1. The summed E-state index contributed by atoms with van der Waals surface area (Å²) in [6, 6.07) is 0. The van der Waals surface area contributed by atoms with Gasteiger partial charge < -0.3 is 5.32 Å². The van der Waals surface area contributed by atoms with E-state index in [-0.39, 0.29) is 0 Å². The highest BCUT2D eigenvalue weighted by atomic mass is 32.1. The standard InChI is InChI=1S/C13H24N2S/c1-5-8-14-9-12-11(4)15-13(16-12)7-6-10(2)3/h10,14H,5-9H2,1-4H3. The van der Waals surface area contributed by atoms with E-state index in [0.29, 0.717) is 0 Å². The van der Waals surface area contributed by atoms with E-state index < -0.39 is 0 Å². The zero-order chi connectivity index (χ0) is 12.0. The molecule has 92 valence electrons. The lowest BCUT2D eigenvalue weighted by Gasteiger charge is -2.00. The smallest absolute Gasteiger partial charge is 0.0931 e. The van der Waals surface area contributed by atoms with Crippen LogP contribution in [0.3, 0.4) is 0 Å². The first kappa shape index (κ1) is 13.7. The van der Waals surface area contributed by atoms with Crippen molar-refractivity contribution in [1.82, 2.24) is 10.3 Å². The van der Waals surface area contributed by atoms with Gasteiger partial charge in [-0.15, -0.1) is 11.3 Å². The van der Waals surface area contributed by atoms with Crippen LogP contribution in [0.25, 0.3) is 0 Å². The average Bonchev–Trinajstić information content (AvgIpc) is 2.57. The van der Waals surface area contributed by atoms with Crippen LogP contribution in [0.4, 0.5) is 0 Å². The fraction of sp³-hybridized carbons (Fsp3) is 0.769. The van der Waals surface area contributed by atoms with Crippen LogP contribution in [-0.4, -0.2) is 11.5 Å². The van der Waals surface area contributed by atoms with E-state index in [0.717, 1.165) is 25.4 Å². The second-order valence-electron chi connectivity index (χ2n) is 4.73. The lowest BCUT2D eigenvalue weighted by atomic mass is 10.1. The van der Waals surface area contributed by atoms with Crippen molar-refractivity contribution < 1.29 is 0 Å². The van der Waals surface area contributed by atoms with Crippen LogP contribution in [0.2, 0.25) is 0 Å². The van der Waals surface area contributed by atoms with Crippen molar-refractivity contribution in [3.05, 3.63) is 15.6 Å². The Balaban J connectivity index is 2.46. The summed E-state index contributed by atoms with van der Waals surface area (Å²) in [5, 5.41) is 4.75. The van der Waals surface area contributed by atoms with Crippen LogP contribution < -0.4 is 5.32 Å². The van der Waals surface area contributed by atoms with Crippen molar-refractivity contribution in [1.29, 1.82) is 0 Å². The van der Waals surface area contributed by atoms with E-state index in [1.807, 2.05) is 11.3 Å². The van der Waals surface area contributed by atoms with Crippen LogP contribution in [0.15, 0.2) is 0 Å². The third-order valence-electron chi connectivity index (χ3n) is 2.58. The van der Waals surface area contributed by atoms with E-state index in [4.69, 9.17) is 0 Å². The van der Waals surface area contributed by atoms with Crippen LogP contribution in [-0.2, 0) is 13.0 Å². The minimum Gasteiger partial charge on any atom is -0.312 e. The van der Waals surface area contributed by atoms with Gasteiger partial charge in [0, 0.05) is 11.4 Å². The molecule has 0 amide bonds. The van der Waals surface area contributed by atoms with E-state index >= 15 is 0 Å². The number of nitrogens with one attached hydrogen (secondary N) is 1. The predicted octanol–water partition coefficient (Wildman–Crippen LogP) is 3.54.